The van der Waals surface area contributed by atoms with Gasteiger partial charge in [-0.3, -0.25) is 19.4 Å². The molecule has 4 rings (SSSR count). The third kappa shape index (κ3) is 5.18. The molecule has 0 bridgehead atoms. The van der Waals surface area contributed by atoms with Crippen LogP contribution in [-0.4, -0.2) is 74.7 Å². The van der Waals surface area contributed by atoms with E-state index in [0.29, 0.717) is 61.2 Å². The number of nitrogens with one attached hydrogen (secondary N) is 1. The van der Waals surface area contributed by atoms with Crippen molar-refractivity contribution in [3.8, 4) is 11.5 Å². The summed E-state index contributed by atoms with van der Waals surface area (Å²) in [6.45, 7) is 6.31. The number of carbonyl (C=O) groups excluding carboxylic acids is 2. The van der Waals surface area contributed by atoms with E-state index >= 15 is 0 Å². The average molecular weight is 452 g/mol. The number of ether oxygens (including phenoxy) is 3. The molecule has 1 N–H and O–H groups in total. The largest absolute Gasteiger partial charge is 0.497 e. The maximum absolute atomic E-state index is 13.4. The molecule has 33 heavy (non-hydrogen) atoms. The molecule has 2 aliphatic heterocycles. The molecule has 0 aromatic heterocycles. The number of anilines is 1. The molecule has 0 atom stereocenters. The van der Waals surface area contributed by atoms with Crippen molar-refractivity contribution in [2.45, 2.75) is 6.92 Å². The van der Waals surface area contributed by atoms with Crippen molar-refractivity contribution in [2.75, 3.05) is 58.4 Å². The van der Waals surface area contributed by atoms with Crippen LogP contribution in [0, 0.1) is 0 Å². The summed E-state index contributed by atoms with van der Waals surface area (Å²) < 4.78 is 16.2. The highest BCUT2D eigenvalue weighted by Gasteiger charge is 2.39. The third-order valence-corrected chi connectivity index (χ3v) is 5.70. The second kappa shape index (κ2) is 10.5. The van der Waals surface area contributed by atoms with Crippen LogP contribution in [-0.2, 0) is 14.3 Å². The first-order chi connectivity index (χ1) is 16.1. The molecule has 174 valence electrons. The summed E-state index contributed by atoms with van der Waals surface area (Å²) in [6.07, 6.45) is 0. The minimum absolute atomic E-state index is 0.265. The van der Waals surface area contributed by atoms with Gasteiger partial charge in [0.25, 0.3) is 11.8 Å². The molecule has 2 aliphatic rings. The molecule has 8 heteroatoms. The van der Waals surface area contributed by atoms with E-state index in [1.807, 2.05) is 31.2 Å². The fraction of sp³-hybridized carbons (Fsp3) is 0.360. The lowest BCUT2D eigenvalue weighted by molar-refractivity contribution is -0.137. The normalized spacial score (nSPS) is 17.0. The summed E-state index contributed by atoms with van der Waals surface area (Å²) in [5.41, 5.74) is 1.96. The zero-order chi connectivity index (χ0) is 23.2. The van der Waals surface area contributed by atoms with E-state index in [4.69, 9.17) is 14.2 Å². The van der Waals surface area contributed by atoms with E-state index in [0.717, 1.165) is 13.1 Å². The fourth-order valence-corrected chi connectivity index (χ4v) is 3.96. The Kier molecular flexibility index (Phi) is 7.26. The van der Waals surface area contributed by atoms with E-state index in [1.54, 1.807) is 31.4 Å². The van der Waals surface area contributed by atoms with Gasteiger partial charge in [0.2, 0.25) is 0 Å². The van der Waals surface area contributed by atoms with Crippen LogP contribution in [0.4, 0.5) is 5.69 Å². The van der Waals surface area contributed by atoms with Crippen molar-refractivity contribution in [1.29, 1.82) is 0 Å². The Bertz CT molecular complexity index is 1030. The summed E-state index contributed by atoms with van der Waals surface area (Å²) in [7, 11) is 1.59. The molecule has 1 fully saturated rings. The van der Waals surface area contributed by atoms with Crippen LogP contribution in [0.2, 0.25) is 0 Å². The second-order valence-corrected chi connectivity index (χ2v) is 7.78. The minimum Gasteiger partial charge on any atom is -0.497 e. The summed E-state index contributed by atoms with van der Waals surface area (Å²) in [6, 6.07) is 14.5. The van der Waals surface area contributed by atoms with Gasteiger partial charge >= 0.3 is 0 Å². The molecule has 8 nitrogen and oxygen atoms in total. The van der Waals surface area contributed by atoms with Crippen LogP contribution in [0.3, 0.4) is 0 Å². The van der Waals surface area contributed by atoms with Gasteiger partial charge in [-0.05, 0) is 36.8 Å². The monoisotopic (exact) mass is 451 g/mol. The van der Waals surface area contributed by atoms with Gasteiger partial charge in [0.05, 0.1) is 32.5 Å². The fourth-order valence-electron chi connectivity index (χ4n) is 3.96. The van der Waals surface area contributed by atoms with Crippen LogP contribution in [0.25, 0.3) is 5.57 Å². The van der Waals surface area contributed by atoms with Crippen LogP contribution >= 0.6 is 0 Å². The van der Waals surface area contributed by atoms with Crippen molar-refractivity contribution < 1.29 is 23.8 Å². The zero-order valence-corrected chi connectivity index (χ0v) is 19.0. The Hall–Kier alpha value is -3.36. The van der Waals surface area contributed by atoms with Gasteiger partial charge in [-0.15, -0.1) is 0 Å². The van der Waals surface area contributed by atoms with Crippen LogP contribution < -0.4 is 14.8 Å². The first-order valence-electron chi connectivity index (χ1n) is 11.2. The molecule has 0 aliphatic carbocycles. The number of amides is 2. The zero-order valence-electron chi connectivity index (χ0n) is 19.0. The minimum atomic E-state index is -0.333. The lowest BCUT2D eigenvalue weighted by atomic mass is 10.0. The van der Waals surface area contributed by atoms with E-state index in [-0.39, 0.29) is 17.5 Å². The van der Waals surface area contributed by atoms with Gasteiger partial charge in [0.15, 0.2) is 0 Å². The Morgan fingerprint density at radius 1 is 0.970 bits per heavy atom. The van der Waals surface area contributed by atoms with Crippen molar-refractivity contribution >= 4 is 23.1 Å². The molecule has 0 spiro atoms. The van der Waals surface area contributed by atoms with Gasteiger partial charge in [-0.2, -0.15) is 0 Å². The van der Waals surface area contributed by atoms with Gasteiger partial charge in [0.1, 0.15) is 17.2 Å². The first-order valence-corrected chi connectivity index (χ1v) is 11.2. The highest BCUT2D eigenvalue weighted by Crippen LogP contribution is 2.32. The lowest BCUT2D eigenvalue weighted by Gasteiger charge is -2.28. The van der Waals surface area contributed by atoms with Gasteiger partial charge < -0.3 is 19.5 Å². The Morgan fingerprint density at radius 2 is 1.73 bits per heavy atom. The number of benzene rings is 2. The topological polar surface area (TPSA) is 80.3 Å². The molecule has 2 heterocycles. The van der Waals surface area contributed by atoms with Gasteiger partial charge in [-0.25, -0.2) is 0 Å². The molecule has 0 saturated carbocycles. The third-order valence-electron chi connectivity index (χ3n) is 5.70. The molecule has 2 aromatic rings. The Balaban J connectivity index is 1.62. The quantitative estimate of drug-likeness (QED) is 0.587. The SMILES string of the molecule is CCOc1cccc(NC2=C(c3ccc(OC)cc3)C(=O)N(CCN3CCOCC3)C2=O)c1. The standard InChI is InChI=1S/C25H29N3O5/c1-3-33-21-6-4-5-19(17-21)26-23-22(18-7-9-20(31-2)10-8-18)24(29)28(25(23)30)12-11-27-13-15-32-16-14-27/h4-10,17,26H,3,11-16H2,1-2H3. The molecular weight excluding hydrogens is 422 g/mol. The highest BCUT2D eigenvalue weighted by molar-refractivity contribution is 6.36. The van der Waals surface area contributed by atoms with Crippen molar-refractivity contribution in [1.82, 2.24) is 9.80 Å². The number of nitrogens with zero attached hydrogens (tertiary/aromatic N) is 2. The smallest absolute Gasteiger partial charge is 0.278 e. The number of morpholine rings is 1. The Labute approximate surface area is 193 Å². The Morgan fingerprint density at radius 3 is 2.42 bits per heavy atom. The number of hydrogen-bond acceptors (Lipinski definition) is 7. The molecule has 0 radical (unpaired) electrons. The maximum Gasteiger partial charge on any atom is 0.278 e. The van der Waals surface area contributed by atoms with E-state index < -0.39 is 0 Å². The molecule has 2 amide bonds. The summed E-state index contributed by atoms with van der Waals surface area (Å²) >= 11 is 0. The van der Waals surface area contributed by atoms with E-state index in [1.165, 1.54) is 4.90 Å². The first kappa shape index (κ1) is 22.8. The number of carbonyl (C=O) groups is 2. The molecule has 0 unspecified atom stereocenters. The predicted octanol–water partition coefficient (Wildman–Crippen LogP) is 2.62. The molecule has 1 saturated heterocycles. The summed E-state index contributed by atoms with van der Waals surface area (Å²) in [5, 5.41) is 3.19. The lowest BCUT2D eigenvalue weighted by Crippen LogP contribution is -2.43. The van der Waals surface area contributed by atoms with Gasteiger partial charge in [-0.1, -0.05) is 18.2 Å². The number of imide groups is 1. The van der Waals surface area contributed by atoms with Crippen molar-refractivity contribution in [3.63, 3.8) is 0 Å². The van der Waals surface area contributed by atoms with Crippen LogP contribution in [0.15, 0.2) is 54.2 Å². The van der Waals surface area contributed by atoms with Crippen LogP contribution in [0.1, 0.15) is 12.5 Å². The predicted molar refractivity (Wildman–Crippen MR) is 125 cm³/mol. The van der Waals surface area contributed by atoms with Gasteiger partial charge in [0, 0.05) is 37.9 Å². The number of methoxy groups -OCH3 is 1. The highest BCUT2D eigenvalue weighted by atomic mass is 16.5. The maximum atomic E-state index is 13.4. The summed E-state index contributed by atoms with van der Waals surface area (Å²) in [4.78, 5) is 30.3. The molecular formula is C25H29N3O5. The average Bonchev–Trinajstić information content (AvgIpc) is 3.07. The number of rotatable bonds is 9. The number of hydrogen-bond donors (Lipinski definition) is 1. The van der Waals surface area contributed by atoms with Crippen molar-refractivity contribution in [3.05, 3.63) is 59.8 Å². The second-order valence-electron chi connectivity index (χ2n) is 7.78. The van der Waals surface area contributed by atoms with E-state index in [2.05, 4.69) is 10.2 Å². The van der Waals surface area contributed by atoms with E-state index in [9.17, 15) is 9.59 Å². The summed E-state index contributed by atoms with van der Waals surface area (Å²) in [5.74, 6) is 0.733. The van der Waals surface area contributed by atoms with Crippen molar-refractivity contribution in [2.24, 2.45) is 0 Å². The van der Waals surface area contributed by atoms with Crippen LogP contribution in [0.5, 0.6) is 11.5 Å². The molecule has 2 aromatic carbocycles.